The van der Waals surface area contributed by atoms with Crippen LogP contribution in [0, 0.1) is 29.0 Å². The number of carbonyl (C=O) groups is 3. The summed E-state index contributed by atoms with van der Waals surface area (Å²) in [6.45, 7) is 0.0259. The number of carbonyl (C=O) groups excluding carboxylic acids is 3. The van der Waals surface area contributed by atoms with Gasteiger partial charge in [0.15, 0.2) is 0 Å². The minimum Gasteiger partial charge on any atom is -0.337 e. The first-order valence-corrected chi connectivity index (χ1v) is 8.81. The van der Waals surface area contributed by atoms with Crippen molar-refractivity contribution in [2.24, 2.45) is 11.8 Å². The van der Waals surface area contributed by atoms with Crippen LogP contribution in [0.3, 0.4) is 0 Å². The molecule has 136 valence electrons. The zero-order valence-electron chi connectivity index (χ0n) is 14.3. The Morgan fingerprint density at radius 2 is 1.77 bits per heavy atom. The van der Waals surface area contributed by atoms with E-state index in [0.717, 1.165) is 25.7 Å². The van der Waals surface area contributed by atoms with Crippen LogP contribution in [0.15, 0.2) is 24.3 Å². The molecular formula is C19H20FN3O3. The number of rotatable bonds is 5. The third kappa shape index (κ3) is 3.59. The minimum atomic E-state index is -0.907. The van der Waals surface area contributed by atoms with E-state index < -0.39 is 17.8 Å². The number of imide groups is 1. The Labute approximate surface area is 151 Å². The zero-order valence-corrected chi connectivity index (χ0v) is 14.3. The summed E-state index contributed by atoms with van der Waals surface area (Å²) < 4.78 is 13.0. The Balaban J connectivity index is 1.56. The van der Waals surface area contributed by atoms with Crippen LogP contribution < -0.4 is 5.32 Å². The van der Waals surface area contributed by atoms with Crippen molar-refractivity contribution < 1.29 is 18.8 Å². The van der Waals surface area contributed by atoms with E-state index in [1.807, 2.05) is 6.07 Å². The fraction of sp³-hybridized carbons (Fsp3) is 0.474. The molecule has 2 aliphatic rings. The molecule has 3 atom stereocenters. The maximum atomic E-state index is 13.0. The van der Waals surface area contributed by atoms with Gasteiger partial charge in [-0.1, -0.05) is 25.0 Å². The van der Waals surface area contributed by atoms with E-state index in [0.29, 0.717) is 5.56 Å². The highest BCUT2D eigenvalue weighted by molar-refractivity contribution is 6.05. The van der Waals surface area contributed by atoms with E-state index in [9.17, 15) is 24.0 Å². The largest absolute Gasteiger partial charge is 0.337 e. The standard InChI is InChI=1S/C19H20FN3O3/c20-13-7-5-12(6-8-13)16(11-21)22-17(24)9-10-23-18(25)14-3-1-2-4-15(14)19(23)26/h5-8,14-16H,1-4,9-10H2,(H,22,24)/t14-,15+,16-/m0/s1. The number of hydrogen-bond acceptors (Lipinski definition) is 4. The molecule has 7 heteroatoms. The predicted octanol–water partition coefficient (Wildman–Crippen LogP) is 2.07. The van der Waals surface area contributed by atoms with Crippen molar-refractivity contribution in [1.29, 1.82) is 5.26 Å². The van der Waals surface area contributed by atoms with Gasteiger partial charge >= 0.3 is 0 Å². The Morgan fingerprint density at radius 3 is 2.31 bits per heavy atom. The lowest BCUT2D eigenvalue weighted by molar-refractivity contribution is -0.140. The summed E-state index contributed by atoms with van der Waals surface area (Å²) in [6.07, 6.45) is 3.32. The predicted molar refractivity (Wildman–Crippen MR) is 89.7 cm³/mol. The van der Waals surface area contributed by atoms with Crippen LogP contribution in [0.1, 0.15) is 43.7 Å². The molecule has 0 bridgehead atoms. The van der Waals surface area contributed by atoms with E-state index in [2.05, 4.69) is 5.32 Å². The number of hydrogen-bond donors (Lipinski definition) is 1. The summed E-state index contributed by atoms with van der Waals surface area (Å²) in [5.41, 5.74) is 0.474. The SMILES string of the molecule is N#C[C@H](NC(=O)CCN1C(=O)[C@H]2CCCC[C@H]2C1=O)c1ccc(F)cc1. The van der Waals surface area contributed by atoms with Gasteiger partial charge in [0.1, 0.15) is 11.9 Å². The quantitative estimate of drug-likeness (QED) is 0.817. The molecule has 1 aromatic rings. The molecule has 1 aliphatic carbocycles. The van der Waals surface area contributed by atoms with Crippen molar-refractivity contribution in [1.82, 2.24) is 10.2 Å². The second-order valence-corrected chi connectivity index (χ2v) is 6.76. The molecule has 1 aliphatic heterocycles. The number of nitrogens with one attached hydrogen (secondary N) is 1. The van der Waals surface area contributed by atoms with Gasteiger partial charge in [-0.2, -0.15) is 5.26 Å². The van der Waals surface area contributed by atoms with Gasteiger partial charge < -0.3 is 5.32 Å². The van der Waals surface area contributed by atoms with E-state index in [-0.39, 0.29) is 36.6 Å². The van der Waals surface area contributed by atoms with Crippen LogP contribution in [0.5, 0.6) is 0 Å². The van der Waals surface area contributed by atoms with Gasteiger partial charge in [-0.15, -0.1) is 0 Å². The molecule has 3 rings (SSSR count). The van der Waals surface area contributed by atoms with Gasteiger partial charge in [0.2, 0.25) is 17.7 Å². The highest BCUT2D eigenvalue weighted by Crippen LogP contribution is 2.37. The lowest BCUT2D eigenvalue weighted by atomic mass is 9.81. The molecule has 0 aromatic heterocycles. The van der Waals surface area contributed by atoms with Crippen LogP contribution >= 0.6 is 0 Å². The fourth-order valence-electron chi connectivity index (χ4n) is 3.74. The fourth-order valence-corrected chi connectivity index (χ4v) is 3.74. The summed E-state index contributed by atoms with van der Waals surface area (Å²) in [4.78, 5) is 38.1. The Kier molecular flexibility index (Phi) is 5.31. The molecule has 1 N–H and O–H groups in total. The van der Waals surface area contributed by atoms with Crippen LogP contribution in [0.4, 0.5) is 4.39 Å². The zero-order chi connectivity index (χ0) is 18.7. The lowest BCUT2D eigenvalue weighted by Gasteiger charge is -2.19. The molecule has 0 unspecified atom stereocenters. The molecule has 1 saturated carbocycles. The summed E-state index contributed by atoms with van der Waals surface area (Å²) in [6, 6.07) is 6.35. The second-order valence-electron chi connectivity index (χ2n) is 6.76. The molecule has 0 radical (unpaired) electrons. The number of amides is 3. The van der Waals surface area contributed by atoms with Crippen LogP contribution in [0.2, 0.25) is 0 Å². The summed E-state index contributed by atoms with van der Waals surface area (Å²) in [5, 5.41) is 11.8. The third-order valence-electron chi connectivity index (χ3n) is 5.13. The van der Waals surface area contributed by atoms with E-state index in [4.69, 9.17) is 0 Å². The van der Waals surface area contributed by atoms with E-state index in [1.54, 1.807) is 0 Å². The second kappa shape index (κ2) is 7.65. The highest BCUT2D eigenvalue weighted by Gasteiger charge is 2.47. The van der Waals surface area contributed by atoms with Crippen LogP contribution in [0.25, 0.3) is 0 Å². The first-order valence-electron chi connectivity index (χ1n) is 8.81. The molecule has 1 heterocycles. The lowest BCUT2D eigenvalue weighted by Crippen LogP contribution is -2.36. The maximum absolute atomic E-state index is 13.0. The number of nitriles is 1. The molecule has 3 amide bonds. The van der Waals surface area contributed by atoms with Gasteiger partial charge in [0.05, 0.1) is 17.9 Å². The molecular weight excluding hydrogens is 337 g/mol. The molecule has 26 heavy (non-hydrogen) atoms. The average Bonchev–Trinajstić information content (AvgIpc) is 2.90. The Morgan fingerprint density at radius 1 is 1.19 bits per heavy atom. The van der Waals surface area contributed by atoms with Gasteiger partial charge in [-0.3, -0.25) is 19.3 Å². The highest BCUT2D eigenvalue weighted by atomic mass is 19.1. The Bertz CT molecular complexity index is 732. The minimum absolute atomic E-state index is 0.0259. The van der Waals surface area contributed by atoms with Crippen molar-refractivity contribution in [2.45, 2.75) is 38.1 Å². The first-order chi connectivity index (χ1) is 12.5. The summed E-state index contributed by atoms with van der Waals surface area (Å²) in [5.74, 6) is -1.68. The van der Waals surface area contributed by atoms with Crippen LogP contribution in [-0.4, -0.2) is 29.2 Å². The third-order valence-corrected chi connectivity index (χ3v) is 5.13. The van der Waals surface area contributed by atoms with Crippen molar-refractivity contribution in [3.8, 4) is 6.07 Å². The monoisotopic (exact) mass is 357 g/mol. The van der Waals surface area contributed by atoms with E-state index >= 15 is 0 Å². The van der Waals surface area contributed by atoms with Crippen LogP contribution in [-0.2, 0) is 14.4 Å². The maximum Gasteiger partial charge on any atom is 0.233 e. The van der Waals surface area contributed by atoms with Gasteiger partial charge in [-0.25, -0.2) is 4.39 Å². The topological polar surface area (TPSA) is 90.3 Å². The summed E-state index contributed by atoms with van der Waals surface area (Å²) >= 11 is 0. The number of nitrogens with zero attached hydrogens (tertiary/aromatic N) is 2. The first kappa shape index (κ1) is 18.1. The molecule has 6 nitrogen and oxygen atoms in total. The van der Waals surface area contributed by atoms with Gasteiger partial charge in [-0.05, 0) is 30.5 Å². The number of halogens is 1. The van der Waals surface area contributed by atoms with Crippen molar-refractivity contribution in [3.63, 3.8) is 0 Å². The van der Waals surface area contributed by atoms with Crippen molar-refractivity contribution >= 4 is 17.7 Å². The van der Waals surface area contributed by atoms with Gasteiger partial charge in [0.25, 0.3) is 0 Å². The van der Waals surface area contributed by atoms with Crippen molar-refractivity contribution in [3.05, 3.63) is 35.6 Å². The Hall–Kier alpha value is -2.75. The molecule has 2 fully saturated rings. The normalized spacial score (nSPS) is 23.3. The smallest absolute Gasteiger partial charge is 0.233 e. The summed E-state index contributed by atoms with van der Waals surface area (Å²) in [7, 11) is 0. The molecule has 1 aromatic carbocycles. The van der Waals surface area contributed by atoms with Gasteiger partial charge in [0, 0.05) is 13.0 Å². The average molecular weight is 357 g/mol. The van der Waals surface area contributed by atoms with E-state index in [1.165, 1.54) is 29.2 Å². The molecule has 0 spiro atoms. The number of likely N-dealkylation sites (tertiary alicyclic amines) is 1. The van der Waals surface area contributed by atoms with Crippen molar-refractivity contribution in [2.75, 3.05) is 6.54 Å². The number of fused-ring (bicyclic) bond motifs is 1. The molecule has 1 saturated heterocycles. The number of benzene rings is 1.